The first kappa shape index (κ1) is 9.22. The molecule has 1 aromatic carbocycles. The molecule has 1 heterocycles. The normalized spacial score (nSPS) is 32.5. The van der Waals surface area contributed by atoms with Crippen LogP contribution in [0.3, 0.4) is 0 Å². The number of piperidine rings is 1. The summed E-state index contributed by atoms with van der Waals surface area (Å²) in [4.78, 5) is 2.15. The molecule has 2 unspecified atom stereocenters. The maximum absolute atomic E-state index is 3.44. The van der Waals surface area contributed by atoms with Crippen molar-refractivity contribution in [3.63, 3.8) is 0 Å². The number of nitrogens with zero attached hydrogens (tertiary/aromatic N) is 1. The zero-order valence-corrected chi connectivity index (χ0v) is 9.40. The first-order chi connectivity index (χ1) is 7.27. The van der Waals surface area contributed by atoms with Crippen molar-refractivity contribution in [2.45, 2.75) is 5.92 Å². The van der Waals surface area contributed by atoms with Crippen LogP contribution in [0.25, 0.3) is 0 Å². The first-order valence-corrected chi connectivity index (χ1v) is 5.75. The van der Waals surface area contributed by atoms with Crippen molar-refractivity contribution in [2.24, 2.45) is 11.8 Å². The number of rotatable bonds is 2. The number of hydrogen-bond donors (Lipinski definition) is 1. The van der Waals surface area contributed by atoms with Crippen LogP contribution in [0, 0.1) is 11.8 Å². The molecule has 1 saturated carbocycles. The average Bonchev–Trinajstić information content (AvgIpc) is 2.72. The van der Waals surface area contributed by atoms with E-state index in [0.717, 1.165) is 17.8 Å². The Balaban J connectivity index is 1.77. The third kappa shape index (κ3) is 1.44. The summed E-state index contributed by atoms with van der Waals surface area (Å²) in [5.41, 5.74) is 2.83. The molecule has 3 rings (SSSR count). The molecule has 2 fully saturated rings. The highest BCUT2D eigenvalue weighted by Gasteiger charge is 2.53. The predicted molar refractivity (Wildman–Crippen MR) is 63.4 cm³/mol. The Morgan fingerprint density at radius 1 is 1.07 bits per heavy atom. The lowest BCUT2D eigenvalue weighted by Crippen LogP contribution is -2.14. The fraction of sp³-hybridized carbons (Fsp3) is 0.538. The second-order valence-corrected chi connectivity index (χ2v) is 5.00. The number of benzene rings is 1. The molecule has 2 aliphatic rings. The van der Waals surface area contributed by atoms with Crippen molar-refractivity contribution in [3.8, 4) is 0 Å². The summed E-state index contributed by atoms with van der Waals surface area (Å²) in [5, 5.41) is 3.44. The number of nitrogens with one attached hydrogen (secondary N) is 1. The van der Waals surface area contributed by atoms with Crippen LogP contribution >= 0.6 is 0 Å². The van der Waals surface area contributed by atoms with E-state index in [0.29, 0.717) is 0 Å². The average molecular weight is 202 g/mol. The molecular weight excluding hydrogens is 184 g/mol. The van der Waals surface area contributed by atoms with Crippen molar-refractivity contribution < 1.29 is 0 Å². The minimum absolute atomic E-state index is 0.850. The highest BCUT2D eigenvalue weighted by atomic mass is 15.1. The number of fused-ring (bicyclic) bond motifs is 1. The van der Waals surface area contributed by atoms with Crippen molar-refractivity contribution in [1.29, 1.82) is 0 Å². The Morgan fingerprint density at radius 3 is 2.20 bits per heavy atom. The molecule has 0 amide bonds. The lowest BCUT2D eigenvalue weighted by atomic mass is 10.1. The quantitative estimate of drug-likeness (QED) is 0.785. The van der Waals surface area contributed by atoms with E-state index in [1.54, 1.807) is 0 Å². The van der Waals surface area contributed by atoms with Gasteiger partial charge in [-0.05, 0) is 48.5 Å². The van der Waals surface area contributed by atoms with Gasteiger partial charge in [0.2, 0.25) is 0 Å². The fourth-order valence-electron chi connectivity index (χ4n) is 2.91. The molecule has 0 bridgehead atoms. The molecule has 1 aliphatic heterocycles. The van der Waals surface area contributed by atoms with Gasteiger partial charge in [0.1, 0.15) is 0 Å². The molecule has 0 aromatic heterocycles. The van der Waals surface area contributed by atoms with E-state index in [1.807, 2.05) is 0 Å². The van der Waals surface area contributed by atoms with Crippen molar-refractivity contribution in [1.82, 2.24) is 5.32 Å². The molecule has 2 nitrogen and oxygen atoms in total. The minimum atomic E-state index is 0.850. The Morgan fingerprint density at radius 2 is 1.67 bits per heavy atom. The summed E-state index contributed by atoms with van der Waals surface area (Å²) in [6.07, 6.45) is 0. The monoisotopic (exact) mass is 202 g/mol. The first-order valence-electron chi connectivity index (χ1n) is 5.75. The van der Waals surface area contributed by atoms with Gasteiger partial charge in [0.15, 0.2) is 0 Å². The van der Waals surface area contributed by atoms with Gasteiger partial charge in [-0.1, -0.05) is 12.1 Å². The van der Waals surface area contributed by atoms with E-state index >= 15 is 0 Å². The third-order valence-corrected chi connectivity index (χ3v) is 3.89. The van der Waals surface area contributed by atoms with Crippen LogP contribution in [0.5, 0.6) is 0 Å². The second kappa shape index (κ2) is 3.24. The van der Waals surface area contributed by atoms with Crippen LogP contribution in [0.4, 0.5) is 5.69 Å². The Hall–Kier alpha value is -1.02. The zero-order chi connectivity index (χ0) is 10.4. The van der Waals surface area contributed by atoms with E-state index in [4.69, 9.17) is 0 Å². The summed E-state index contributed by atoms with van der Waals surface area (Å²) >= 11 is 0. The molecule has 15 heavy (non-hydrogen) atoms. The maximum Gasteiger partial charge on any atom is 0.0361 e. The zero-order valence-electron chi connectivity index (χ0n) is 9.40. The molecule has 2 heteroatoms. The summed E-state index contributed by atoms with van der Waals surface area (Å²) < 4.78 is 0. The molecule has 1 aromatic rings. The number of anilines is 1. The van der Waals surface area contributed by atoms with E-state index < -0.39 is 0 Å². The van der Waals surface area contributed by atoms with Gasteiger partial charge in [0, 0.05) is 19.8 Å². The topological polar surface area (TPSA) is 15.3 Å². The Kier molecular flexibility index (Phi) is 1.99. The molecule has 1 saturated heterocycles. The largest absolute Gasteiger partial charge is 0.378 e. The highest BCUT2D eigenvalue weighted by molar-refractivity contribution is 5.47. The SMILES string of the molecule is CN(C)c1ccc(C2C3CNCC32)cc1. The second-order valence-electron chi connectivity index (χ2n) is 5.00. The predicted octanol–water partition coefficient (Wildman–Crippen LogP) is 1.69. The van der Waals surface area contributed by atoms with Gasteiger partial charge in [-0.15, -0.1) is 0 Å². The fourth-order valence-corrected chi connectivity index (χ4v) is 2.91. The van der Waals surface area contributed by atoms with E-state index in [9.17, 15) is 0 Å². The van der Waals surface area contributed by atoms with Crippen LogP contribution < -0.4 is 10.2 Å². The van der Waals surface area contributed by atoms with Crippen molar-refractivity contribution in [2.75, 3.05) is 32.1 Å². The van der Waals surface area contributed by atoms with Gasteiger partial charge in [0.05, 0.1) is 0 Å². The van der Waals surface area contributed by atoms with Gasteiger partial charge in [-0.25, -0.2) is 0 Å². The standard InChI is InChI=1S/C13H18N2/c1-15(2)10-5-3-9(4-6-10)13-11-7-14-8-12(11)13/h3-6,11-14H,7-8H2,1-2H3. The van der Waals surface area contributed by atoms with Crippen molar-refractivity contribution in [3.05, 3.63) is 29.8 Å². The van der Waals surface area contributed by atoms with Crippen LogP contribution in [0.2, 0.25) is 0 Å². The summed E-state index contributed by atoms with van der Waals surface area (Å²) in [6, 6.07) is 9.07. The van der Waals surface area contributed by atoms with Crippen molar-refractivity contribution >= 4 is 5.69 Å². The smallest absolute Gasteiger partial charge is 0.0361 e. The molecule has 2 atom stereocenters. The van der Waals surface area contributed by atoms with Gasteiger partial charge in [0.25, 0.3) is 0 Å². The molecule has 1 N–H and O–H groups in total. The lowest BCUT2D eigenvalue weighted by molar-refractivity contribution is 0.684. The lowest BCUT2D eigenvalue weighted by Gasteiger charge is -2.13. The number of hydrogen-bond acceptors (Lipinski definition) is 2. The van der Waals surface area contributed by atoms with Crippen LogP contribution in [0.15, 0.2) is 24.3 Å². The van der Waals surface area contributed by atoms with E-state index in [2.05, 4.69) is 48.6 Å². The van der Waals surface area contributed by atoms with Gasteiger partial charge >= 0.3 is 0 Å². The van der Waals surface area contributed by atoms with E-state index in [1.165, 1.54) is 24.3 Å². The summed E-state index contributed by atoms with van der Waals surface area (Å²) in [6.45, 7) is 2.45. The van der Waals surface area contributed by atoms with Gasteiger partial charge < -0.3 is 10.2 Å². The maximum atomic E-state index is 3.44. The summed E-state index contributed by atoms with van der Waals surface area (Å²) in [5.74, 6) is 2.70. The molecule has 1 aliphatic carbocycles. The molecule has 80 valence electrons. The van der Waals surface area contributed by atoms with Crippen LogP contribution in [-0.2, 0) is 0 Å². The minimum Gasteiger partial charge on any atom is -0.378 e. The van der Waals surface area contributed by atoms with Gasteiger partial charge in [-0.2, -0.15) is 0 Å². The highest BCUT2D eigenvalue weighted by Crippen LogP contribution is 2.55. The molecular formula is C13H18N2. The van der Waals surface area contributed by atoms with E-state index in [-0.39, 0.29) is 0 Å². The third-order valence-electron chi connectivity index (χ3n) is 3.89. The van der Waals surface area contributed by atoms with Gasteiger partial charge in [-0.3, -0.25) is 0 Å². The molecule has 0 radical (unpaired) electrons. The Labute approximate surface area is 91.3 Å². The summed E-state index contributed by atoms with van der Waals surface area (Å²) in [7, 11) is 4.18. The van der Waals surface area contributed by atoms with Crippen LogP contribution in [0.1, 0.15) is 11.5 Å². The Bertz CT molecular complexity index is 345. The molecule has 0 spiro atoms. The van der Waals surface area contributed by atoms with Crippen LogP contribution in [-0.4, -0.2) is 27.2 Å².